The molecule has 100 valence electrons. The maximum atomic E-state index is 11.9. The topological polar surface area (TPSA) is 83.5 Å². The second-order valence-electron chi connectivity index (χ2n) is 4.08. The molecule has 5 nitrogen and oxygen atoms in total. The molecule has 0 saturated heterocycles. The summed E-state index contributed by atoms with van der Waals surface area (Å²) in [6.45, 7) is 0. The van der Waals surface area contributed by atoms with Gasteiger partial charge < -0.3 is 10.4 Å². The van der Waals surface area contributed by atoms with Gasteiger partial charge in [-0.15, -0.1) is 0 Å². The normalized spacial score (nSPS) is 9.80. The number of carbonyl (C=O) groups is 3. The third-order valence-corrected chi connectivity index (χ3v) is 2.70. The molecule has 0 radical (unpaired) electrons. The van der Waals surface area contributed by atoms with Gasteiger partial charge >= 0.3 is 5.97 Å². The van der Waals surface area contributed by atoms with Crippen molar-refractivity contribution in [1.29, 1.82) is 0 Å². The average Bonchev–Trinajstić information content (AvgIpc) is 2.48. The molecule has 1 amide bonds. The minimum atomic E-state index is -1.02. The van der Waals surface area contributed by atoms with Gasteiger partial charge in [0.25, 0.3) is 5.91 Å². The van der Waals surface area contributed by atoms with Crippen molar-refractivity contribution in [2.45, 2.75) is 0 Å². The number of rotatable bonds is 4. The molecule has 0 heterocycles. The molecule has 0 unspecified atom stereocenters. The van der Waals surface area contributed by atoms with Gasteiger partial charge in [-0.3, -0.25) is 9.59 Å². The van der Waals surface area contributed by atoms with Gasteiger partial charge in [-0.2, -0.15) is 0 Å². The average molecular weight is 269 g/mol. The first-order valence-corrected chi connectivity index (χ1v) is 5.80. The predicted molar refractivity (Wildman–Crippen MR) is 73.2 cm³/mol. The minimum absolute atomic E-state index is 0.151. The van der Waals surface area contributed by atoms with Gasteiger partial charge in [-0.1, -0.05) is 12.1 Å². The SMILES string of the molecule is O=Cc1ccc(C(=O)Nc2ccc(C(=O)O)cc2)cc1. The first-order valence-electron chi connectivity index (χ1n) is 5.80. The lowest BCUT2D eigenvalue weighted by Gasteiger charge is -2.05. The fourth-order valence-electron chi connectivity index (χ4n) is 1.61. The summed E-state index contributed by atoms with van der Waals surface area (Å²) in [6, 6.07) is 12.0. The Kier molecular flexibility index (Phi) is 3.91. The van der Waals surface area contributed by atoms with Gasteiger partial charge in [0.15, 0.2) is 0 Å². The second-order valence-corrected chi connectivity index (χ2v) is 4.08. The van der Waals surface area contributed by atoms with Crippen molar-refractivity contribution in [1.82, 2.24) is 0 Å². The monoisotopic (exact) mass is 269 g/mol. The number of hydrogen-bond donors (Lipinski definition) is 2. The molecule has 20 heavy (non-hydrogen) atoms. The van der Waals surface area contributed by atoms with E-state index in [4.69, 9.17) is 5.11 Å². The molecule has 2 aromatic rings. The van der Waals surface area contributed by atoms with Crippen molar-refractivity contribution in [3.05, 3.63) is 65.2 Å². The van der Waals surface area contributed by atoms with E-state index in [2.05, 4.69) is 5.32 Å². The minimum Gasteiger partial charge on any atom is -0.478 e. The Morgan fingerprint density at radius 1 is 0.900 bits per heavy atom. The second kappa shape index (κ2) is 5.79. The van der Waals surface area contributed by atoms with Crippen molar-refractivity contribution >= 4 is 23.9 Å². The summed E-state index contributed by atoms with van der Waals surface area (Å²) >= 11 is 0. The predicted octanol–water partition coefficient (Wildman–Crippen LogP) is 2.45. The molecule has 0 atom stereocenters. The quantitative estimate of drug-likeness (QED) is 0.835. The molecule has 5 heteroatoms. The van der Waals surface area contributed by atoms with Gasteiger partial charge in [-0.05, 0) is 36.4 Å². The highest BCUT2D eigenvalue weighted by atomic mass is 16.4. The third kappa shape index (κ3) is 3.08. The summed E-state index contributed by atoms with van der Waals surface area (Å²) in [7, 11) is 0. The summed E-state index contributed by atoms with van der Waals surface area (Å²) in [5.41, 5.74) is 1.56. The van der Waals surface area contributed by atoms with Crippen LogP contribution in [0, 0.1) is 0 Å². The summed E-state index contributed by atoms with van der Waals surface area (Å²) in [5.74, 6) is -1.35. The lowest BCUT2D eigenvalue weighted by atomic mass is 10.1. The first kappa shape index (κ1) is 13.5. The molecule has 0 bridgehead atoms. The van der Waals surface area contributed by atoms with Gasteiger partial charge in [0.1, 0.15) is 6.29 Å². The Hall–Kier alpha value is -2.95. The van der Waals surface area contributed by atoms with E-state index < -0.39 is 5.97 Å². The lowest BCUT2D eigenvalue weighted by Crippen LogP contribution is -2.12. The number of nitrogens with one attached hydrogen (secondary N) is 1. The van der Waals surface area contributed by atoms with Gasteiger partial charge in [-0.25, -0.2) is 4.79 Å². The third-order valence-electron chi connectivity index (χ3n) is 2.70. The number of benzene rings is 2. The van der Waals surface area contributed by atoms with E-state index in [1.165, 1.54) is 24.3 Å². The highest BCUT2D eigenvalue weighted by Crippen LogP contribution is 2.12. The molecule has 2 N–H and O–H groups in total. The molecule has 0 fully saturated rings. The highest BCUT2D eigenvalue weighted by molar-refractivity contribution is 6.04. The number of hydrogen-bond acceptors (Lipinski definition) is 3. The number of carbonyl (C=O) groups excluding carboxylic acids is 2. The number of amides is 1. The standard InChI is InChI=1S/C15H11NO4/c17-9-10-1-3-11(4-2-10)14(18)16-13-7-5-12(6-8-13)15(19)20/h1-9H,(H,16,18)(H,19,20). The molecular formula is C15H11NO4. The Labute approximate surface area is 114 Å². The number of anilines is 1. The van der Waals surface area contributed by atoms with Crippen LogP contribution < -0.4 is 5.32 Å². The van der Waals surface area contributed by atoms with E-state index >= 15 is 0 Å². The maximum Gasteiger partial charge on any atom is 0.335 e. The van der Waals surface area contributed by atoms with E-state index in [0.29, 0.717) is 23.1 Å². The molecule has 2 aromatic carbocycles. The summed E-state index contributed by atoms with van der Waals surface area (Å²) in [6.07, 6.45) is 0.701. The molecule has 0 saturated carbocycles. The van der Waals surface area contributed by atoms with Crippen molar-refractivity contribution in [3.8, 4) is 0 Å². The molecule has 0 aliphatic carbocycles. The molecular weight excluding hydrogens is 258 g/mol. The Morgan fingerprint density at radius 2 is 1.45 bits per heavy atom. The first-order chi connectivity index (χ1) is 9.60. The Bertz CT molecular complexity index is 645. The number of carboxylic acids is 1. The van der Waals surface area contributed by atoms with Crippen LogP contribution in [-0.2, 0) is 0 Å². The molecule has 2 rings (SSSR count). The van der Waals surface area contributed by atoms with Crippen molar-refractivity contribution in [3.63, 3.8) is 0 Å². The van der Waals surface area contributed by atoms with Crippen molar-refractivity contribution < 1.29 is 19.5 Å². The summed E-state index contributed by atoms with van der Waals surface area (Å²) < 4.78 is 0. The maximum absolute atomic E-state index is 11.9. The molecule has 0 spiro atoms. The fraction of sp³-hybridized carbons (Fsp3) is 0. The summed E-state index contributed by atoms with van der Waals surface area (Å²) in [4.78, 5) is 33.1. The van der Waals surface area contributed by atoms with Gasteiger partial charge in [0.2, 0.25) is 0 Å². The zero-order valence-electron chi connectivity index (χ0n) is 10.4. The zero-order valence-corrected chi connectivity index (χ0v) is 10.4. The number of aldehydes is 1. The van der Waals surface area contributed by atoms with E-state index in [-0.39, 0.29) is 11.5 Å². The van der Waals surface area contributed by atoms with Gasteiger partial charge in [0, 0.05) is 16.8 Å². The molecule has 0 aliphatic rings. The van der Waals surface area contributed by atoms with E-state index in [1.54, 1.807) is 24.3 Å². The van der Waals surface area contributed by atoms with Gasteiger partial charge in [0.05, 0.1) is 5.56 Å². The van der Waals surface area contributed by atoms with Crippen LogP contribution in [-0.4, -0.2) is 23.3 Å². The Balaban J connectivity index is 2.10. The Morgan fingerprint density at radius 3 is 1.95 bits per heavy atom. The van der Waals surface area contributed by atoms with Crippen LogP contribution >= 0.6 is 0 Å². The van der Waals surface area contributed by atoms with Crippen LogP contribution in [0.5, 0.6) is 0 Å². The molecule has 0 aliphatic heterocycles. The highest BCUT2D eigenvalue weighted by Gasteiger charge is 2.07. The lowest BCUT2D eigenvalue weighted by molar-refractivity contribution is 0.0696. The van der Waals surface area contributed by atoms with E-state index in [1.807, 2.05) is 0 Å². The van der Waals surface area contributed by atoms with Crippen LogP contribution in [0.3, 0.4) is 0 Å². The van der Waals surface area contributed by atoms with E-state index in [9.17, 15) is 14.4 Å². The van der Waals surface area contributed by atoms with E-state index in [0.717, 1.165) is 0 Å². The number of aromatic carboxylic acids is 1. The fourth-order valence-corrected chi connectivity index (χ4v) is 1.61. The van der Waals surface area contributed by atoms with Crippen molar-refractivity contribution in [2.24, 2.45) is 0 Å². The van der Waals surface area contributed by atoms with Crippen LogP contribution in [0.4, 0.5) is 5.69 Å². The smallest absolute Gasteiger partial charge is 0.335 e. The van der Waals surface area contributed by atoms with Crippen LogP contribution in [0.25, 0.3) is 0 Å². The molecule has 0 aromatic heterocycles. The van der Waals surface area contributed by atoms with Crippen LogP contribution in [0.15, 0.2) is 48.5 Å². The van der Waals surface area contributed by atoms with Crippen LogP contribution in [0.1, 0.15) is 31.1 Å². The number of carboxylic acid groups (broad SMARTS) is 1. The largest absolute Gasteiger partial charge is 0.478 e. The summed E-state index contributed by atoms with van der Waals surface area (Å²) in [5, 5.41) is 11.4. The van der Waals surface area contributed by atoms with Crippen molar-refractivity contribution in [2.75, 3.05) is 5.32 Å². The van der Waals surface area contributed by atoms with Crippen LogP contribution in [0.2, 0.25) is 0 Å². The zero-order chi connectivity index (χ0) is 14.5.